The molecule has 0 aliphatic carbocycles. The van der Waals surface area contributed by atoms with Crippen LogP contribution in [0, 0.1) is 12.7 Å². The lowest BCUT2D eigenvalue weighted by Gasteiger charge is -2.42. The number of aromatic nitrogens is 4. The highest BCUT2D eigenvalue weighted by molar-refractivity contribution is 6.10. The molecule has 2 aromatic carbocycles. The minimum absolute atomic E-state index is 0. The van der Waals surface area contributed by atoms with Crippen molar-refractivity contribution in [3.63, 3.8) is 0 Å². The van der Waals surface area contributed by atoms with E-state index >= 15 is 0 Å². The summed E-state index contributed by atoms with van der Waals surface area (Å²) in [6, 6.07) is 11.7. The molecule has 2 aromatic heterocycles. The summed E-state index contributed by atoms with van der Waals surface area (Å²) in [7, 11) is 1.62. The summed E-state index contributed by atoms with van der Waals surface area (Å²) in [6.45, 7) is 7.86. The van der Waals surface area contributed by atoms with Crippen molar-refractivity contribution < 1.29 is 13.9 Å². The van der Waals surface area contributed by atoms with Gasteiger partial charge in [-0.2, -0.15) is 0 Å². The van der Waals surface area contributed by atoms with Crippen LogP contribution in [0.3, 0.4) is 0 Å². The lowest BCUT2D eigenvalue weighted by Crippen LogP contribution is -2.49. The number of rotatable bonds is 5. The fourth-order valence-electron chi connectivity index (χ4n) is 4.72. The van der Waals surface area contributed by atoms with Crippen molar-refractivity contribution in [1.82, 2.24) is 19.1 Å². The number of hydrogen-bond acceptors (Lipinski definition) is 4. The first kappa shape index (κ1) is 25.9. The fourth-order valence-corrected chi connectivity index (χ4v) is 4.72. The van der Waals surface area contributed by atoms with Crippen molar-refractivity contribution in [2.24, 2.45) is 0 Å². The summed E-state index contributed by atoms with van der Waals surface area (Å²) in [6.07, 6.45) is 9.15. The number of amides is 1. The van der Waals surface area contributed by atoms with Crippen LogP contribution in [0.4, 0.5) is 10.3 Å². The summed E-state index contributed by atoms with van der Waals surface area (Å²) in [5.41, 5.74) is 3.38. The van der Waals surface area contributed by atoms with Crippen LogP contribution in [-0.2, 0) is 10.3 Å². The average Bonchev–Trinajstić information content (AvgIpc) is 3.52. The number of fused-ring (bicyclic) bond motifs is 1. The van der Waals surface area contributed by atoms with E-state index in [0.717, 1.165) is 22.5 Å². The summed E-state index contributed by atoms with van der Waals surface area (Å²) in [5.74, 6) is 0.760. The molecule has 1 aliphatic heterocycles. The predicted octanol–water partition coefficient (Wildman–Crippen LogP) is 6.09. The zero-order valence-electron chi connectivity index (χ0n) is 20.9. The Hall–Kier alpha value is -4.20. The molecule has 0 radical (unpaired) electrons. The molecule has 0 saturated heterocycles. The van der Waals surface area contributed by atoms with Gasteiger partial charge in [-0.3, -0.25) is 9.69 Å². The quantitative estimate of drug-likeness (QED) is 0.311. The largest absolute Gasteiger partial charge is 0.495 e. The summed E-state index contributed by atoms with van der Waals surface area (Å²) >= 11 is 0. The van der Waals surface area contributed by atoms with Gasteiger partial charge in [0.15, 0.2) is 0 Å². The Morgan fingerprint density at radius 1 is 1.11 bits per heavy atom. The highest BCUT2D eigenvalue weighted by Gasteiger charge is 2.43. The van der Waals surface area contributed by atoms with E-state index in [1.165, 1.54) is 12.1 Å². The van der Waals surface area contributed by atoms with Crippen LogP contribution >= 0.6 is 0 Å². The van der Waals surface area contributed by atoms with Gasteiger partial charge in [0, 0.05) is 24.2 Å². The minimum atomic E-state index is -0.644. The summed E-state index contributed by atoms with van der Waals surface area (Å²) < 4.78 is 23.1. The van der Waals surface area contributed by atoms with Gasteiger partial charge in [-0.25, -0.2) is 14.4 Å². The maximum Gasteiger partial charge on any atom is 0.259 e. The summed E-state index contributed by atoms with van der Waals surface area (Å²) in [4.78, 5) is 24.5. The molecule has 1 amide bonds. The van der Waals surface area contributed by atoms with Crippen LogP contribution in [0.15, 0.2) is 73.0 Å². The molecular formula is C29H32FN5O2. The molecule has 3 heterocycles. The van der Waals surface area contributed by atoms with Gasteiger partial charge in [0.25, 0.3) is 5.91 Å². The first-order valence-corrected chi connectivity index (χ1v) is 11.7. The third-order valence-electron chi connectivity index (χ3n) is 6.79. The Kier molecular flexibility index (Phi) is 6.78. The van der Waals surface area contributed by atoms with Gasteiger partial charge in [0.05, 0.1) is 36.4 Å². The molecule has 192 valence electrons. The Labute approximate surface area is 216 Å². The van der Waals surface area contributed by atoms with Gasteiger partial charge in [-0.05, 0) is 69.2 Å². The maximum absolute atomic E-state index is 14.0. The number of ether oxygens (including phenoxy) is 1. The number of methoxy groups -OCH3 is 1. The zero-order chi connectivity index (χ0) is 25.6. The topological polar surface area (TPSA) is 65.2 Å². The van der Waals surface area contributed by atoms with Crippen LogP contribution in [0.25, 0.3) is 11.8 Å². The Bertz CT molecular complexity index is 1470. The third-order valence-corrected chi connectivity index (χ3v) is 6.79. The van der Waals surface area contributed by atoms with Gasteiger partial charge in [-0.15, -0.1) is 0 Å². The molecule has 0 saturated carbocycles. The molecule has 0 fully saturated rings. The smallest absolute Gasteiger partial charge is 0.259 e. The molecule has 0 spiro atoms. The molecular weight excluding hydrogens is 469 g/mol. The predicted molar refractivity (Wildman–Crippen MR) is 143 cm³/mol. The average molecular weight is 502 g/mol. The number of imidazole rings is 2. The Morgan fingerprint density at radius 3 is 2.49 bits per heavy atom. The molecule has 0 N–H and O–H groups in total. The van der Waals surface area contributed by atoms with E-state index in [1.807, 2.05) is 73.5 Å². The van der Waals surface area contributed by atoms with E-state index in [4.69, 9.17) is 4.74 Å². The van der Waals surface area contributed by atoms with Gasteiger partial charge >= 0.3 is 0 Å². The highest BCUT2D eigenvalue weighted by atomic mass is 19.1. The SMILES string of the molecule is C.COc1cc(/C=C2/C(=O)N(C(C)c3ccc(F)cc3)c3nccn3C2(C)C)ccc1-n1cnc(C)c1. The Morgan fingerprint density at radius 2 is 1.84 bits per heavy atom. The first-order valence-electron chi connectivity index (χ1n) is 11.7. The van der Waals surface area contributed by atoms with Gasteiger partial charge in [0.2, 0.25) is 5.95 Å². The van der Waals surface area contributed by atoms with E-state index < -0.39 is 5.54 Å². The number of anilines is 1. The molecule has 37 heavy (non-hydrogen) atoms. The van der Waals surface area contributed by atoms with Crippen LogP contribution in [0.5, 0.6) is 5.75 Å². The second-order valence-electron chi connectivity index (χ2n) is 9.47. The standard InChI is InChI=1S/C28H28FN5O2.CH4/c1-18-16-32(17-31-18)24-11-6-20(15-25(24)36-5)14-23-26(35)34(19(2)21-7-9-22(29)10-8-21)27-30-12-13-33(27)28(23,3)4;/h6-17,19H,1-5H3;1H4/b23-14-;. The number of carbonyl (C=O) groups is 1. The first-order chi connectivity index (χ1) is 17.2. The monoisotopic (exact) mass is 501 g/mol. The van der Waals surface area contributed by atoms with Crippen LogP contribution in [0.1, 0.15) is 51.1 Å². The minimum Gasteiger partial charge on any atom is -0.495 e. The molecule has 1 aliphatic rings. The van der Waals surface area contributed by atoms with E-state index in [2.05, 4.69) is 9.97 Å². The molecule has 1 atom stereocenters. The second kappa shape index (κ2) is 9.69. The summed E-state index contributed by atoms with van der Waals surface area (Å²) in [5, 5.41) is 0. The molecule has 4 aromatic rings. The molecule has 1 unspecified atom stereocenters. The lowest BCUT2D eigenvalue weighted by molar-refractivity contribution is -0.117. The Balaban J connectivity index is 0.00000320. The van der Waals surface area contributed by atoms with Crippen molar-refractivity contribution in [1.29, 1.82) is 0 Å². The third kappa shape index (κ3) is 4.43. The molecule has 0 bridgehead atoms. The van der Waals surface area contributed by atoms with Crippen LogP contribution < -0.4 is 9.64 Å². The van der Waals surface area contributed by atoms with Crippen molar-refractivity contribution in [3.8, 4) is 11.4 Å². The van der Waals surface area contributed by atoms with E-state index in [0.29, 0.717) is 17.3 Å². The van der Waals surface area contributed by atoms with E-state index in [-0.39, 0.29) is 25.2 Å². The van der Waals surface area contributed by atoms with Gasteiger partial charge < -0.3 is 13.9 Å². The highest BCUT2D eigenvalue weighted by Crippen LogP contribution is 2.41. The maximum atomic E-state index is 14.0. The van der Waals surface area contributed by atoms with Gasteiger partial charge in [0.1, 0.15) is 11.6 Å². The van der Waals surface area contributed by atoms with E-state index in [9.17, 15) is 9.18 Å². The second-order valence-corrected chi connectivity index (χ2v) is 9.47. The number of nitrogens with zero attached hydrogens (tertiary/aromatic N) is 5. The number of aryl methyl sites for hydroxylation is 1. The lowest BCUT2D eigenvalue weighted by atomic mass is 9.88. The molecule has 8 heteroatoms. The molecule has 7 nitrogen and oxygen atoms in total. The van der Waals surface area contributed by atoms with Crippen molar-refractivity contribution >= 4 is 17.9 Å². The van der Waals surface area contributed by atoms with Crippen molar-refractivity contribution in [2.75, 3.05) is 12.0 Å². The number of halogens is 1. The normalized spacial score (nSPS) is 16.3. The number of carbonyl (C=O) groups excluding carboxylic acids is 1. The zero-order valence-corrected chi connectivity index (χ0v) is 20.9. The number of hydrogen-bond donors (Lipinski definition) is 0. The van der Waals surface area contributed by atoms with Crippen molar-refractivity contribution in [2.45, 2.75) is 46.7 Å². The fraction of sp³-hybridized carbons (Fsp3) is 0.276. The van der Waals surface area contributed by atoms with Gasteiger partial charge in [-0.1, -0.05) is 25.6 Å². The number of benzene rings is 2. The molecule has 5 rings (SSSR count). The van der Waals surface area contributed by atoms with E-state index in [1.54, 1.807) is 36.7 Å². The van der Waals surface area contributed by atoms with Crippen LogP contribution in [0.2, 0.25) is 0 Å². The van der Waals surface area contributed by atoms with Crippen LogP contribution in [-0.4, -0.2) is 32.1 Å². The van der Waals surface area contributed by atoms with Crippen molar-refractivity contribution in [3.05, 3.63) is 95.6 Å².